The molecule has 1 spiro atoms. The molecular formula is C17H17NO3. The molecule has 0 radical (unpaired) electrons. The Morgan fingerprint density at radius 1 is 1.29 bits per heavy atom. The zero-order valence-electron chi connectivity index (χ0n) is 12.0. The largest absolute Gasteiger partial charge is 0.466 e. The van der Waals surface area contributed by atoms with Crippen LogP contribution in [0.4, 0.5) is 0 Å². The highest BCUT2D eigenvalue weighted by Crippen LogP contribution is 2.57. The van der Waals surface area contributed by atoms with Gasteiger partial charge in [0.25, 0.3) is 0 Å². The van der Waals surface area contributed by atoms with Crippen LogP contribution < -0.4 is 0 Å². The normalized spacial score (nSPS) is 22.0. The highest BCUT2D eigenvalue weighted by molar-refractivity contribution is 6.06. The van der Waals surface area contributed by atoms with Crippen molar-refractivity contribution in [1.82, 2.24) is 4.90 Å². The first-order valence-corrected chi connectivity index (χ1v) is 7.38. The number of amides is 1. The second-order valence-electron chi connectivity index (χ2n) is 6.14. The maximum atomic E-state index is 12.7. The highest BCUT2D eigenvalue weighted by atomic mass is 16.5. The number of carbonyl (C=O) groups excluding carboxylic acids is 2. The van der Waals surface area contributed by atoms with Crippen molar-refractivity contribution in [3.8, 4) is 0 Å². The molecule has 21 heavy (non-hydrogen) atoms. The van der Waals surface area contributed by atoms with Crippen molar-refractivity contribution in [1.29, 1.82) is 0 Å². The molecule has 1 saturated carbocycles. The standard InChI is InChI=1S/C17H17NO3/c1-21-15(19)13-10-17(7-8-17)16(20)18-9-6-11-4-2-3-5-12(11)14(13)18/h2-5H,6-10H2,1H3. The van der Waals surface area contributed by atoms with E-state index in [1.807, 2.05) is 23.1 Å². The molecule has 0 unspecified atom stereocenters. The van der Waals surface area contributed by atoms with Crippen LogP contribution in [0.5, 0.6) is 0 Å². The Kier molecular flexibility index (Phi) is 2.52. The van der Waals surface area contributed by atoms with Gasteiger partial charge in [0.05, 0.1) is 23.8 Å². The van der Waals surface area contributed by atoms with Crippen LogP contribution in [0.2, 0.25) is 0 Å². The molecule has 2 aliphatic heterocycles. The minimum absolute atomic E-state index is 0.194. The van der Waals surface area contributed by atoms with Crippen molar-refractivity contribution in [2.75, 3.05) is 13.7 Å². The Labute approximate surface area is 123 Å². The molecule has 1 aliphatic carbocycles. The van der Waals surface area contributed by atoms with Gasteiger partial charge < -0.3 is 9.64 Å². The molecule has 3 aliphatic rings. The van der Waals surface area contributed by atoms with Crippen LogP contribution in [0, 0.1) is 5.41 Å². The van der Waals surface area contributed by atoms with E-state index in [0.29, 0.717) is 18.5 Å². The van der Waals surface area contributed by atoms with E-state index in [1.165, 1.54) is 12.7 Å². The Morgan fingerprint density at radius 2 is 2.05 bits per heavy atom. The molecule has 2 heterocycles. The van der Waals surface area contributed by atoms with Gasteiger partial charge in [0.1, 0.15) is 0 Å². The van der Waals surface area contributed by atoms with Gasteiger partial charge in [0.2, 0.25) is 5.91 Å². The third kappa shape index (κ3) is 1.68. The molecule has 1 aromatic carbocycles. The van der Waals surface area contributed by atoms with E-state index in [4.69, 9.17) is 4.74 Å². The number of ether oxygens (including phenoxy) is 1. The summed E-state index contributed by atoms with van der Waals surface area (Å²) in [6, 6.07) is 8.02. The topological polar surface area (TPSA) is 46.6 Å². The summed E-state index contributed by atoms with van der Waals surface area (Å²) >= 11 is 0. The molecule has 1 aromatic rings. The average Bonchev–Trinajstić information content (AvgIpc) is 3.30. The lowest BCUT2D eigenvalue weighted by Gasteiger charge is -2.39. The maximum absolute atomic E-state index is 12.7. The van der Waals surface area contributed by atoms with Gasteiger partial charge in [0.15, 0.2) is 0 Å². The lowest BCUT2D eigenvalue weighted by molar-refractivity contribution is -0.138. The van der Waals surface area contributed by atoms with E-state index in [0.717, 1.165) is 30.5 Å². The Balaban J connectivity index is 1.94. The molecule has 4 heteroatoms. The number of hydrogen-bond donors (Lipinski definition) is 0. The van der Waals surface area contributed by atoms with Crippen LogP contribution in [-0.4, -0.2) is 30.4 Å². The SMILES string of the molecule is COC(=O)C1=C2c3ccccc3CCN2C(=O)C2(CC2)C1. The quantitative estimate of drug-likeness (QED) is 0.742. The second-order valence-corrected chi connectivity index (χ2v) is 6.14. The molecular weight excluding hydrogens is 266 g/mol. The molecule has 1 fully saturated rings. The first-order chi connectivity index (χ1) is 10.2. The van der Waals surface area contributed by atoms with Gasteiger partial charge in [-0.2, -0.15) is 0 Å². The first-order valence-electron chi connectivity index (χ1n) is 7.38. The number of rotatable bonds is 1. The van der Waals surface area contributed by atoms with Crippen molar-refractivity contribution < 1.29 is 14.3 Å². The summed E-state index contributed by atoms with van der Waals surface area (Å²) in [5, 5.41) is 0. The van der Waals surface area contributed by atoms with Crippen molar-refractivity contribution in [2.45, 2.75) is 25.7 Å². The fraction of sp³-hybridized carbons (Fsp3) is 0.412. The first kappa shape index (κ1) is 12.6. The number of fused-ring (bicyclic) bond motifs is 3. The van der Waals surface area contributed by atoms with Crippen LogP contribution in [0.15, 0.2) is 29.8 Å². The van der Waals surface area contributed by atoms with Crippen molar-refractivity contribution in [2.24, 2.45) is 5.41 Å². The number of carbonyl (C=O) groups is 2. The Hall–Kier alpha value is -2.10. The number of benzene rings is 1. The number of nitrogens with zero attached hydrogens (tertiary/aromatic N) is 1. The smallest absolute Gasteiger partial charge is 0.335 e. The Bertz CT molecular complexity index is 685. The molecule has 0 atom stereocenters. The molecule has 4 rings (SSSR count). The van der Waals surface area contributed by atoms with Crippen LogP contribution in [-0.2, 0) is 20.7 Å². The highest BCUT2D eigenvalue weighted by Gasteiger charge is 2.57. The third-order valence-electron chi connectivity index (χ3n) is 4.93. The fourth-order valence-corrected chi connectivity index (χ4v) is 3.60. The molecule has 0 N–H and O–H groups in total. The summed E-state index contributed by atoms with van der Waals surface area (Å²) in [5.41, 5.74) is 3.34. The van der Waals surface area contributed by atoms with Crippen LogP contribution >= 0.6 is 0 Å². The molecule has 0 aromatic heterocycles. The molecule has 108 valence electrons. The van der Waals surface area contributed by atoms with Gasteiger partial charge in [-0.1, -0.05) is 24.3 Å². The summed E-state index contributed by atoms with van der Waals surface area (Å²) in [4.78, 5) is 26.8. The van der Waals surface area contributed by atoms with Gasteiger partial charge in [0, 0.05) is 12.1 Å². The van der Waals surface area contributed by atoms with Gasteiger partial charge in [-0.25, -0.2) is 4.79 Å². The predicted molar refractivity (Wildman–Crippen MR) is 77.1 cm³/mol. The monoisotopic (exact) mass is 283 g/mol. The van der Waals surface area contributed by atoms with Gasteiger partial charge in [-0.05, 0) is 31.2 Å². The van der Waals surface area contributed by atoms with Crippen LogP contribution in [0.3, 0.4) is 0 Å². The zero-order chi connectivity index (χ0) is 14.6. The lowest BCUT2D eigenvalue weighted by atomic mass is 9.83. The molecule has 1 amide bonds. The number of methoxy groups -OCH3 is 1. The van der Waals surface area contributed by atoms with Crippen molar-refractivity contribution in [3.05, 3.63) is 41.0 Å². The summed E-state index contributed by atoms with van der Waals surface area (Å²) in [5.74, 6) is -0.106. The van der Waals surface area contributed by atoms with Crippen LogP contribution in [0.1, 0.15) is 30.4 Å². The van der Waals surface area contributed by atoms with E-state index in [1.54, 1.807) is 0 Å². The molecule has 0 saturated heterocycles. The minimum Gasteiger partial charge on any atom is -0.466 e. The summed E-state index contributed by atoms with van der Waals surface area (Å²) < 4.78 is 4.98. The number of hydrogen-bond acceptors (Lipinski definition) is 3. The van der Waals surface area contributed by atoms with E-state index >= 15 is 0 Å². The summed E-state index contributed by atoms with van der Waals surface area (Å²) in [6.07, 6.45) is 3.14. The lowest BCUT2D eigenvalue weighted by Crippen LogP contribution is -2.45. The van der Waals surface area contributed by atoms with Crippen LogP contribution in [0.25, 0.3) is 5.70 Å². The predicted octanol–water partition coefficient (Wildman–Crippen LogP) is 2.14. The fourth-order valence-electron chi connectivity index (χ4n) is 3.60. The summed E-state index contributed by atoms with van der Waals surface area (Å²) in [6.45, 7) is 0.660. The van der Waals surface area contributed by atoms with Crippen molar-refractivity contribution in [3.63, 3.8) is 0 Å². The number of esters is 1. The van der Waals surface area contributed by atoms with E-state index in [2.05, 4.69) is 6.07 Å². The maximum Gasteiger partial charge on any atom is 0.335 e. The summed E-state index contributed by atoms with van der Waals surface area (Å²) in [7, 11) is 1.41. The van der Waals surface area contributed by atoms with E-state index in [9.17, 15) is 9.59 Å². The average molecular weight is 283 g/mol. The van der Waals surface area contributed by atoms with E-state index in [-0.39, 0.29) is 17.3 Å². The third-order valence-corrected chi connectivity index (χ3v) is 4.93. The van der Waals surface area contributed by atoms with Gasteiger partial charge >= 0.3 is 5.97 Å². The molecule has 4 nitrogen and oxygen atoms in total. The zero-order valence-corrected chi connectivity index (χ0v) is 12.0. The van der Waals surface area contributed by atoms with Crippen molar-refractivity contribution >= 4 is 17.6 Å². The van der Waals surface area contributed by atoms with E-state index < -0.39 is 0 Å². The second kappa shape index (κ2) is 4.20. The van der Waals surface area contributed by atoms with Gasteiger partial charge in [-0.3, -0.25) is 4.79 Å². The molecule has 0 bridgehead atoms. The Morgan fingerprint density at radius 3 is 2.76 bits per heavy atom. The minimum atomic E-state index is -0.320. The van der Waals surface area contributed by atoms with Gasteiger partial charge in [-0.15, -0.1) is 0 Å².